The van der Waals surface area contributed by atoms with Crippen LogP contribution >= 0.6 is 0 Å². The Hall–Kier alpha value is -3.76. The van der Waals surface area contributed by atoms with Crippen LogP contribution in [-0.4, -0.2) is 65.0 Å². The van der Waals surface area contributed by atoms with Gasteiger partial charge in [0.2, 0.25) is 5.95 Å². The topological polar surface area (TPSA) is 105 Å². The zero-order valence-corrected chi connectivity index (χ0v) is 23.3. The number of ether oxygens (including phenoxy) is 2. The van der Waals surface area contributed by atoms with Crippen molar-refractivity contribution < 1.29 is 14.3 Å². The van der Waals surface area contributed by atoms with E-state index in [-0.39, 0.29) is 29.2 Å². The summed E-state index contributed by atoms with van der Waals surface area (Å²) in [5, 5.41) is 6.73. The summed E-state index contributed by atoms with van der Waals surface area (Å²) >= 11 is 0. The summed E-state index contributed by atoms with van der Waals surface area (Å²) < 4.78 is 11.6. The van der Waals surface area contributed by atoms with Crippen molar-refractivity contribution in [2.75, 3.05) is 41.4 Å². The number of fused-ring (bicyclic) bond motifs is 3. The Morgan fingerprint density at radius 3 is 2.45 bits per heavy atom. The number of hydrogen-bond donors (Lipinski definition) is 2. The summed E-state index contributed by atoms with van der Waals surface area (Å²) in [6.45, 7) is 11.4. The molecule has 3 fully saturated rings. The number of pyridine rings is 1. The van der Waals surface area contributed by atoms with Crippen LogP contribution in [0.15, 0.2) is 48.7 Å². The number of aromatic nitrogens is 3. The first-order chi connectivity index (χ1) is 19.2. The predicted molar refractivity (Wildman–Crippen MR) is 153 cm³/mol. The predicted octanol–water partition coefficient (Wildman–Crippen LogP) is 4.62. The third-order valence-corrected chi connectivity index (χ3v) is 8.83. The highest BCUT2D eigenvalue weighted by atomic mass is 16.6. The lowest BCUT2D eigenvalue weighted by molar-refractivity contribution is -0.0893. The average molecular weight is 542 g/mol. The number of amides is 1. The van der Waals surface area contributed by atoms with Crippen LogP contribution in [0.5, 0.6) is 0 Å². The lowest BCUT2D eigenvalue weighted by atomic mass is 9.73. The molecule has 0 aliphatic carbocycles. The first-order valence-electron chi connectivity index (χ1n) is 14.0. The summed E-state index contributed by atoms with van der Waals surface area (Å²) in [5.41, 5.74) is 2.69. The van der Waals surface area contributed by atoms with Gasteiger partial charge in [0.15, 0.2) is 0 Å². The van der Waals surface area contributed by atoms with Crippen molar-refractivity contribution in [2.45, 2.75) is 63.1 Å². The van der Waals surface area contributed by atoms with Gasteiger partial charge in [-0.3, -0.25) is 4.90 Å². The van der Waals surface area contributed by atoms with E-state index in [4.69, 9.17) is 24.4 Å². The number of carbonyl (C=O) groups excluding carboxylic acids is 1. The highest BCUT2D eigenvalue weighted by Gasteiger charge is 2.55. The van der Waals surface area contributed by atoms with Crippen LogP contribution in [0.4, 0.5) is 33.9 Å². The van der Waals surface area contributed by atoms with Crippen molar-refractivity contribution in [3.63, 3.8) is 0 Å². The molecule has 208 valence electrons. The van der Waals surface area contributed by atoms with Crippen LogP contribution < -0.4 is 20.4 Å². The molecule has 1 amide bonds. The Balaban J connectivity index is 1.26. The second-order valence-electron chi connectivity index (χ2n) is 12.2. The van der Waals surface area contributed by atoms with Gasteiger partial charge in [-0.25, -0.2) is 14.8 Å². The van der Waals surface area contributed by atoms with E-state index in [0.717, 1.165) is 42.4 Å². The van der Waals surface area contributed by atoms with Crippen molar-refractivity contribution in [3.05, 3.63) is 59.8 Å². The molecule has 3 aromatic rings. The molecule has 4 aliphatic rings. The van der Waals surface area contributed by atoms with Crippen molar-refractivity contribution in [3.8, 4) is 0 Å². The molecule has 7 rings (SSSR count). The lowest BCUT2D eigenvalue weighted by Crippen LogP contribution is -2.54. The van der Waals surface area contributed by atoms with Crippen LogP contribution in [0.25, 0.3) is 0 Å². The lowest BCUT2D eigenvalue weighted by Gasteiger charge is -2.46. The third-order valence-electron chi connectivity index (χ3n) is 8.83. The smallest absolute Gasteiger partial charge is 0.415 e. The van der Waals surface area contributed by atoms with Gasteiger partial charge in [0, 0.05) is 41.9 Å². The van der Waals surface area contributed by atoms with Gasteiger partial charge in [-0.1, -0.05) is 25.1 Å². The van der Waals surface area contributed by atoms with Crippen LogP contribution in [0.2, 0.25) is 0 Å². The van der Waals surface area contributed by atoms with Crippen LogP contribution in [0.1, 0.15) is 51.2 Å². The molecule has 40 heavy (non-hydrogen) atoms. The van der Waals surface area contributed by atoms with E-state index in [1.54, 1.807) is 4.90 Å². The van der Waals surface area contributed by atoms with E-state index in [9.17, 15) is 4.79 Å². The van der Waals surface area contributed by atoms with Gasteiger partial charge < -0.3 is 25.0 Å². The van der Waals surface area contributed by atoms with Crippen LogP contribution in [-0.2, 0) is 14.9 Å². The number of nitrogens with one attached hydrogen (secondary N) is 2. The molecule has 2 N–H and O–H groups in total. The fraction of sp³-hybridized carbons (Fsp3) is 0.467. The van der Waals surface area contributed by atoms with Gasteiger partial charge in [0.25, 0.3) is 0 Å². The zero-order valence-electron chi connectivity index (χ0n) is 23.3. The molecule has 0 radical (unpaired) electrons. The molecule has 0 bridgehead atoms. The molecule has 1 aromatic carbocycles. The minimum Gasteiger partial charge on any atom is -0.447 e. The van der Waals surface area contributed by atoms with Crippen molar-refractivity contribution >= 4 is 35.2 Å². The molecular weight excluding hydrogens is 506 g/mol. The summed E-state index contributed by atoms with van der Waals surface area (Å²) in [7, 11) is 0. The van der Waals surface area contributed by atoms with Gasteiger partial charge in [-0.15, -0.1) is 0 Å². The van der Waals surface area contributed by atoms with E-state index >= 15 is 0 Å². The highest BCUT2D eigenvalue weighted by Crippen LogP contribution is 2.53. The number of rotatable bonds is 5. The molecule has 1 unspecified atom stereocenters. The maximum absolute atomic E-state index is 12.5. The molecule has 0 spiro atoms. The standard InChI is InChI=1S/C30H35N7O3/c1-18-16-39-28(38)36(18)24-6-5-7-25(34-24)37-23-12-29(2,3)40-17-30(23,4)22-15-32-27(35-26(22)37)33-21-10-8-19(9-11-21)20-13-31-14-20/h5-11,15,18,20,23,31H,12-14,16-17H2,1-4H3,(H,32,33,35)/t18-,23?,30+/m0/s1. The van der Waals surface area contributed by atoms with Gasteiger partial charge in [0.1, 0.15) is 24.1 Å². The summed E-state index contributed by atoms with van der Waals surface area (Å²) in [4.78, 5) is 31.1. The molecule has 10 heteroatoms. The molecular formula is C30H35N7O3. The normalized spacial score (nSPS) is 27.1. The largest absolute Gasteiger partial charge is 0.447 e. The zero-order chi connectivity index (χ0) is 27.6. The molecule has 3 saturated heterocycles. The second-order valence-corrected chi connectivity index (χ2v) is 12.2. The third kappa shape index (κ3) is 4.08. The number of nitrogens with zero attached hydrogens (tertiary/aromatic N) is 5. The van der Waals surface area contributed by atoms with E-state index in [0.29, 0.717) is 30.9 Å². The van der Waals surface area contributed by atoms with Crippen molar-refractivity contribution in [1.82, 2.24) is 20.3 Å². The first-order valence-corrected chi connectivity index (χ1v) is 14.0. The minimum absolute atomic E-state index is 0.0527. The highest BCUT2D eigenvalue weighted by molar-refractivity contribution is 5.89. The number of benzene rings is 1. The molecule has 2 aromatic heterocycles. The Morgan fingerprint density at radius 2 is 1.77 bits per heavy atom. The van der Waals surface area contributed by atoms with E-state index in [1.807, 2.05) is 31.3 Å². The maximum Gasteiger partial charge on any atom is 0.415 e. The molecule has 3 atom stereocenters. The van der Waals surface area contributed by atoms with Crippen molar-refractivity contribution in [2.24, 2.45) is 0 Å². The number of carbonyl (C=O) groups is 1. The SMILES string of the molecule is C[C@H]1COC(=O)N1c1cccc(N2c3nc(Nc4ccc(C5CNC5)cc4)ncc3[C@@]3(C)COC(C)(C)CC23)n1. The molecule has 6 heterocycles. The number of cyclic esters (lactones) is 1. The number of anilines is 5. The minimum atomic E-state index is -0.371. The van der Waals surface area contributed by atoms with Crippen LogP contribution in [0, 0.1) is 0 Å². The Labute approximate surface area is 234 Å². The summed E-state index contributed by atoms with van der Waals surface area (Å²) in [5.74, 6) is 3.23. The Morgan fingerprint density at radius 1 is 1.02 bits per heavy atom. The Bertz CT molecular complexity index is 1460. The average Bonchev–Trinajstić information content (AvgIpc) is 3.36. The fourth-order valence-corrected chi connectivity index (χ4v) is 6.27. The van der Waals surface area contributed by atoms with Gasteiger partial charge >= 0.3 is 6.09 Å². The summed E-state index contributed by atoms with van der Waals surface area (Å²) in [6.07, 6.45) is 2.34. The molecule has 4 aliphatic heterocycles. The van der Waals surface area contributed by atoms with E-state index in [2.05, 4.69) is 60.6 Å². The molecule has 0 saturated carbocycles. The summed E-state index contributed by atoms with van der Waals surface area (Å²) in [6, 6.07) is 14.3. The van der Waals surface area contributed by atoms with Gasteiger partial charge in [0.05, 0.1) is 24.3 Å². The fourth-order valence-electron chi connectivity index (χ4n) is 6.27. The Kier molecular flexibility index (Phi) is 5.76. The monoisotopic (exact) mass is 541 g/mol. The van der Waals surface area contributed by atoms with E-state index < -0.39 is 0 Å². The maximum atomic E-state index is 12.5. The first kappa shape index (κ1) is 25.2. The van der Waals surface area contributed by atoms with Crippen LogP contribution in [0.3, 0.4) is 0 Å². The van der Waals surface area contributed by atoms with Gasteiger partial charge in [-0.05, 0) is 57.0 Å². The molecule has 10 nitrogen and oxygen atoms in total. The number of hydrogen-bond acceptors (Lipinski definition) is 9. The quantitative estimate of drug-likeness (QED) is 0.479. The van der Waals surface area contributed by atoms with Crippen molar-refractivity contribution in [1.29, 1.82) is 0 Å². The second kappa shape index (κ2) is 9.14. The van der Waals surface area contributed by atoms with Gasteiger partial charge in [-0.2, -0.15) is 4.98 Å². The van der Waals surface area contributed by atoms with E-state index in [1.165, 1.54) is 5.56 Å².